The summed E-state index contributed by atoms with van der Waals surface area (Å²) in [5, 5.41) is 0. The van der Waals surface area contributed by atoms with Crippen LogP contribution < -0.4 is 0 Å². The van der Waals surface area contributed by atoms with E-state index in [1.807, 2.05) is 36.1 Å². The number of hydrogen-bond acceptors (Lipinski definition) is 3. The Morgan fingerprint density at radius 2 is 2.05 bits per heavy atom. The van der Waals surface area contributed by atoms with Crippen molar-refractivity contribution in [3.8, 4) is 0 Å². The third-order valence-electron chi connectivity index (χ3n) is 5.36. The van der Waals surface area contributed by atoms with Gasteiger partial charge in [0.2, 0.25) is 0 Å². The lowest BCUT2D eigenvalue weighted by molar-refractivity contribution is -0.0950. The summed E-state index contributed by atoms with van der Waals surface area (Å²) in [5.41, 5.74) is 1.86. The maximum atomic E-state index is 12.5. The van der Waals surface area contributed by atoms with Crippen molar-refractivity contribution in [3.05, 3.63) is 35.4 Å². The molecule has 1 spiro atoms. The lowest BCUT2D eigenvalue weighted by atomic mass is 9.88. The molecule has 3 aliphatic rings. The van der Waals surface area contributed by atoms with Crippen molar-refractivity contribution in [2.45, 2.75) is 37.8 Å². The number of carbonyl (C=O) groups is 1. The van der Waals surface area contributed by atoms with Gasteiger partial charge in [-0.25, -0.2) is 0 Å². The topological polar surface area (TPSA) is 32.8 Å². The molecule has 0 N–H and O–H groups in total. The number of amides is 1. The Morgan fingerprint density at radius 3 is 2.77 bits per heavy atom. The first-order valence-corrected chi connectivity index (χ1v) is 8.39. The van der Waals surface area contributed by atoms with E-state index in [0.717, 1.165) is 37.2 Å². The van der Waals surface area contributed by atoms with Gasteiger partial charge < -0.3 is 9.64 Å². The van der Waals surface area contributed by atoms with Crippen LogP contribution in [0.3, 0.4) is 0 Å². The van der Waals surface area contributed by atoms with E-state index in [1.165, 1.54) is 25.9 Å². The van der Waals surface area contributed by atoms with Crippen LogP contribution in [0.25, 0.3) is 0 Å². The van der Waals surface area contributed by atoms with Gasteiger partial charge in [0.15, 0.2) is 0 Å². The van der Waals surface area contributed by atoms with Gasteiger partial charge in [0.25, 0.3) is 5.91 Å². The third-order valence-corrected chi connectivity index (χ3v) is 5.36. The molecule has 0 radical (unpaired) electrons. The molecular weight excluding hydrogens is 276 g/mol. The van der Waals surface area contributed by atoms with Gasteiger partial charge in [0.1, 0.15) is 5.60 Å². The van der Waals surface area contributed by atoms with E-state index < -0.39 is 0 Å². The molecule has 1 aromatic carbocycles. The molecule has 0 aliphatic carbocycles. The van der Waals surface area contributed by atoms with Crippen molar-refractivity contribution in [1.82, 2.24) is 9.80 Å². The maximum absolute atomic E-state index is 12.5. The molecule has 22 heavy (non-hydrogen) atoms. The summed E-state index contributed by atoms with van der Waals surface area (Å²) in [6, 6.07) is 8.42. The van der Waals surface area contributed by atoms with Crippen LogP contribution in [0, 0.1) is 6.92 Å². The van der Waals surface area contributed by atoms with Gasteiger partial charge in [0.05, 0.1) is 19.7 Å². The van der Waals surface area contributed by atoms with Crippen LogP contribution in [-0.4, -0.2) is 60.1 Å². The van der Waals surface area contributed by atoms with Gasteiger partial charge in [-0.05, 0) is 51.4 Å². The minimum atomic E-state index is -0.0628. The third kappa shape index (κ3) is 2.44. The second kappa shape index (κ2) is 5.36. The van der Waals surface area contributed by atoms with Crippen LogP contribution in [0.1, 0.15) is 35.2 Å². The monoisotopic (exact) mass is 300 g/mol. The predicted octanol–water partition coefficient (Wildman–Crippen LogP) is 2.07. The average molecular weight is 300 g/mol. The molecule has 3 saturated heterocycles. The van der Waals surface area contributed by atoms with Crippen LogP contribution >= 0.6 is 0 Å². The summed E-state index contributed by atoms with van der Waals surface area (Å²) in [6.07, 6.45) is 3.73. The van der Waals surface area contributed by atoms with Crippen LogP contribution in [0.5, 0.6) is 0 Å². The summed E-state index contributed by atoms with van der Waals surface area (Å²) < 4.78 is 6.11. The average Bonchev–Trinajstić information content (AvgIpc) is 3.14. The van der Waals surface area contributed by atoms with Gasteiger partial charge in [-0.3, -0.25) is 9.69 Å². The van der Waals surface area contributed by atoms with Gasteiger partial charge in [-0.15, -0.1) is 0 Å². The highest BCUT2D eigenvalue weighted by Crippen LogP contribution is 2.38. The van der Waals surface area contributed by atoms with Crippen molar-refractivity contribution in [3.63, 3.8) is 0 Å². The molecule has 4 heteroatoms. The fraction of sp³-hybridized carbons (Fsp3) is 0.611. The van der Waals surface area contributed by atoms with Crippen molar-refractivity contribution >= 4 is 5.91 Å². The largest absolute Gasteiger partial charge is 0.370 e. The Hall–Kier alpha value is -1.39. The molecule has 3 heterocycles. The number of ether oxygens (including phenoxy) is 1. The number of benzene rings is 1. The lowest BCUT2D eigenvalue weighted by Gasteiger charge is -2.47. The first-order chi connectivity index (χ1) is 10.7. The first-order valence-electron chi connectivity index (χ1n) is 8.39. The maximum Gasteiger partial charge on any atom is 0.254 e. The predicted molar refractivity (Wildman–Crippen MR) is 85.0 cm³/mol. The van der Waals surface area contributed by atoms with Crippen molar-refractivity contribution in [2.24, 2.45) is 0 Å². The summed E-state index contributed by atoms with van der Waals surface area (Å²) in [6.45, 7) is 6.81. The van der Waals surface area contributed by atoms with E-state index in [-0.39, 0.29) is 11.5 Å². The molecule has 1 unspecified atom stereocenters. The quantitative estimate of drug-likeness (QED) is 0.838. The molecule has 3 fully saturated rings. The Balaban J connectivity index is 1.36. The molecule has 0 saturated carbocycles. The fourth-order valence-corrected chi connectivity index (χ4v) is 4.14. The summed E-state index contributed by atoms with van der Waals surface area (Å²) in [7, 11) is 0. The highest BCUT2D eigenvalue weighted by Gasteiger charge is 2.52. The van der Waals surface area contributed by atoms with E-state index in [9.17, 15) is 4.79 Å². The zero-order chi connectivity index (χ0) is 15.2. The van der Waals surface area contributed by atoms with E-state index in [1.54, 1.807) is 0 Å². The number of likely N-dealkylation sites (tertiary alicyclic amines) is 2. The number of aryl methyl sites for hydroxylation is 1. The number of nitrogens with zero attached hydrogens (tertiary/aromatic N) is 2. The Bertz CT molecular complexity index is 574. The molecule has 4 rings (SSSR count). The Morgan fingerprint density at radius 1 is 1.27 bits per heavy atom. The van der Waals surface area contributed by atoms with Crippen LogP contribution in [-0.2, 0) is 4.74 Å². The zero-order valence-electron chi connectivity index (χ0n) is 13.3. The number of hydrogen-bond donors (Lipinski definition) is 0. The van der Waals surface area contributed by atoms with E-state index >= 15 is 0 Å². The standard InChI is InChI=1S/C18H24N2O2/c1-14-5-4-6-15(9-14)17(21)20-12-18(13-20)10-16(11-22-18)19-7-2-3-8-19/h4-6,9,16H,2-3,7-8,10-13H2,1H3. The Kier molecular flexibility index (Phi) is 3.46. The molecule has 0 bridgehead atoms. The number of rotatable bonds is 2. The molecule has 3 aliphatic heterocycles. The molecule has 1 atom stereocenters. The van der Waals surface area contributed by atoms with Crippen molar-refractivity contribution in [2.75, 3.05) is 32.8 Å². The van der Waals surface area contributed by atoms with Crippen LogP contribution in [0.15, 0.2) is 24.3 Å². The highest BCUT2D eigenvalue weighted by molar-refractivity contribution is 5.95. The molecular formula is C18H24N2O2. The van der Waals surface area contributed by atoms with E-state index in [2.05, 4.69) is 4.90 Å². The van der Waals surface area contributed by atoms with Gasteiger partial charge in [-0.2, -0.15) is 0 Å². The van der Waals surface area contributed by atoms with Crippen molar-refractivity contribution < 1.29 is 9.53 Å². The van der Waals surface area contributed by atoms with Crippen LogP contribution in [0.2, 0.25) is 0 Å². The van der Waals surface area contributed by atoms with E-state index in [4.69, 9.17) is 4.74 Å². The molecule has 4 nitrogen and oxygen atoms in total. The van der Waals surface area contributed by atoms with Crippen LogP contribution in [0.4, 0.5) is 0 Å². The summed E-state index contributed by atoms with van der Waals surface area (Å²) in [4.78, 5) is 17.0. The molecule has 0 aromatic heterocycles. The molecule has 118 valence electrons. The lowest BCUT2D eigenvalue weighted by Crippen LogP contribution is -2.63. The molecule has 1 aromatic rings. The van der Waals surface area contributed by atoms with Gasteiger partial charge in [0, 0.05) is 11.6 Å². The SMILES string of the molecule is Cc1cccc(C(=O)N2CC3(CC(N4CCCC4)CO3)C2)c1. The van der Waals surface area contributed by atoms with Gasteiger partial charge in [-0.1, -0.05) is 17.7 Å². The van der Waals surface area contributed by atoms with E-state index in [0.29, 0.717) is 6.04 Å². The zero-order valence-corrected chi connectivity index (χ0v) is 13.3. The van der Waals surface area contributed by atoms with Gasteiger partial charge >= 0.3 is 0 Å². The summed E-state index contributed by atoms with van der Waals surface area (Å²) in [5.74, 6) is 0.141. The Labute approximate surface area is 132 Å². The highest BCUT2D eigenvalue weighted by atomic mass is 16.5. The second-order valence-corrected chi connectivity index (χ2v) is 7.13. The molecule has 1 amide bonds. The smallest absolute Gasteiger partial charge is 0.254 e. The fourth-order valence-electron chi connectivity index (χ4n) is 4.14. The normalized spacial score (nSPS) is 27.3. The first kappa shape index (κ1) is 14.2. The summed E-state index contributed by atoms with van der Waals surface area (Å²) >= 11 is 0. The van der Waals surface area contributed by atoms with Crippen molar-refractivity contribution in [1.29, 1.82) is 0 Å². The minimum Gasteiger partial charge on any atom is -0.370 e. The minimum absolute atomic E-state index is 0.0628. The number of carbonyl (C=O) groups excluding carboxylic acids is 1. The second-order valence-electron chi connectivity index (χ2n) is 7.13.